The van der Waals surface area contributed by atoms with Gasteiger partial charge in [-0.3, -0.25) is 4.79 Å². The van der Waals surface area contributed by atoms with Gasteiger partial charge in [-0.1, -0.05) is 107 Å². The molecular weight excluding hydrogens is 609 g/mol. The van der Waals surface area contributed by atoms with Gasteiger partial charge in [0.25, 0.3) is 0 Å². The summed E-state index contributed by atoms with van der Waals surface area (Å²) in [5.41, 5.74) is 1.72. The fourth-order valence-electron chi connectivity index (χ4n) is 4.79. The molecule has 1 amide bonds. The van der Waals surface area contributed by atoms with E-state index in [1.165, 1.54) is 61.9 Å². The summed E-state index contributed by atoms with van der Waals surface area (Å²) in [5, 5.41) is 2.83. The average Bonchev–Trinajstić information content (AvgIpc) is 2.98. The summed E-state index contributed by atoms with van der Waals surface area (Å²) in [6, 6.07) is 14.3. The Balaban J connectivity index is 1.91. The van der Waals surface area contributed by atoms with Crippen molar-refractivity contribution in [2.24, 2.45) is 0 Å². The second-order valence-corrected chi connectivity index (χ2v) is 14.8. The molecule has 3 N–H and O–H groups in total. The Hall–Kier alpha value is -2.33. The van der Waals surface area contributed by atoms with E-state index in [0.717, 1.165) is 44.9 Å². The van der Waals surface area contributed by atoms with Crippen molar-refractivity contribution >= 4 is 23.5 Å². The molecule has 2 atom stereocenters. The second-order valence-electron chi connectivity index (χ2n) is 11.2. The van der Waals surface area contributed by atoms with Gasteiger partial charge in [0.05, 0.1) is 5.75 Å². The highest BCUT2D eigenvalue weighted by Gasteiger charge is 2.34. The Morgan fingerprint density at radius 3 is 2.02 bits per heavy atom. The van der Waals surface area contributed by atoms with Crippen LogP contribution in [0.25, 0.3) is 0 Å². The molecule has 0 aromatic heterocycles. The van der Waals surface area contributed by atoms with E-state index in [9.17, 15) is 31.5 Å². The quantitative estimate of drug-likeness (QED) is 0.0800. The van der Waals surface area contributed by atoms with Gasteiger partial charge in [0.15, 0.2) is 0 Å². The first-order chi connectivity index (χ1) is 21.0. The number of benzene rings is 2. The van der Waals surface area contributed by atoms with Gasteiger partial charge in [-0.05, 0) is 55.4 Å². The molecule has 248 valence electrons. The molecule has 0 aliphatic carbocycles. The highest BCUT2D eigenvalue weighted by molar-refractivity contribution is 7.89. The summed E-state index contributed by atoms with van der Waals surface area (Å²) in [6.45, 7) is 2.58. The SMILES string of the molecule is CCCCCCCCCCCCS(=O)(=O)N[C@@H](Cc1ccc(OP(=O)(O)C(F)F)cc1)C(=O)NCCCCc1ccccc1. The van der Waals surface area contributed by atoms with Crippen LogP contribution in [-0.4, -0.2) is 43.7 Å². The number of nitrogens with one attached hydrogen (secondary N) is 2. The monoisotopic (exact) mass is 658 g/mol. The number of alkyl halides is 2. The minimum absolute atomic E-state index is 0.000969. The molecule has 0 radical (unpaired) electrons. The molecule has 1 unspecified atom stereocenters. The van der Waals surface area contributed by atoms with E-state index in [-0.39, 0.29) is 17.9 Å². The van der Waals surface area contributed by atoms with Crippen LogP contribution in [0.1, 0.15) is 95.1 Å². The molecule has 2 aromatic carbocycles. The molecule has 0 saturated heterocycles. The van der Waals surface area contributed by atoms with Crippen LogP contribution in [0, 0.1) is 0 Å². The Kier molecular flexibility index (Phi) is 17.8. The van der Waals surface area contributed by atoms with Crippen molar-refractivity contribution < 1.29 is 36.0 Å². The molecule has 0 spiro atoms. The van der Waals surface area contributed by atoms with Gasteiger partial charge in [0.1, 0.15) is 11.8 Å². The summed E-state index contributed by atoms with van der Waals surface area (Å²) in [5.74, 6) is -0.786. The van der Waals surface area contributed by atoms with Crippen molar-refractivity contribution in [2.75, 3.05) is 12.3 Å². The van der Waals surface area contributed by atoms with E-state index in [1.54, 1.807) is 0 Å². The topological polar surface area (TPSA) is 122 Å². The zero-order valence-electron chi connectivity index (χ0n) is 25.8. The number of unbranched alkanes of at least 4 members (excludes halogenated alkanes) is 10. The van der Waals surface area contributed by atoms with Crippen molar-refractivity contribution in [1.82, 2.24) is 10.0 Å². The largest absolute Gasteiger partial charge is 0.442 e. The molecule has 0 heterocycles. The lowest BCUT2D eigenvalue weighted by Crippen LogP contribution is -2.48. The molecule has 0 saturated carbocycles. The number of hydrogen-bond donors (Lipinski definition) is 3. The molecule has 2 rings (SSSR count). The molecule has 2 aromatic rings. The maximum absolute atomic E-state index is 13.1. The maximum atomic E-state index is 13.1. The molecule has 0 aliphatic heterocycles. The zero-order chi connectivity index (χ0) is 32.3. The van der Waals surface area contributed by atoms with E-state index in [1.807, 2.05) is 30.3 Å². The Morgan fingerprint density at radius 2 is 1.43 bits per heavy atom. The van der Waals surface area contributed by atoms with Crippen molar-refractivity contribution in [3.8, 4) is 5.75 Å². The van der Waals surface area contributed by atoms with Gasteiger partial charge in [-0.2, -0.15) is 8.78 Å². The van der Waals surface area contributed by atoms with Gasteiger partial charge in [-0.15, -0.1) is 0 Å². The van der Waals surface area contributed by atoms with Crippen LogP contribution in [0.3, 0.4) is 0 Å². The second kappa shape index (κ2) is 20.7. The van der Waals surface area contributed by atoms with Crippen molar-refractivity contribution in [3.05, 3.63) is 65.7 Å². The number of amides is 1. The lowest BCUT2D eigenvalue weighted by atomic mass is 10.1. The van der Waals surface area contributed by atoms with Crippen LogP contribution in [0.5, 0.6) is 5.75 Å². The third-order valence-electron chi connectivity index (χ3n) is 7.29. The van der Waals surface area contributed by atoms with Gasteiger partial charge in [0, 0.05) is 6.54 Å². The van der Waals surface area contributed by atoms with Gasteiger partial charge in [-0.25, -0.2) is 17.7 Å². The number of aryl methyl sites for hydroxylation is 1. The molecule has 0 fully saturated rings. The van der Waals surface area contributed by atoms with Crippen molar-refractivity contribution in [1.29, 1.82) is 0 Å². The highest BCUT2D eigenvalue weighted by Crippen LogP contribution is 2.48. The van der Waals surface area contributed by atoms with Gasteiger partial charge in [0.2, 0.25) is 15.9 Å². The van der Waals surface area contributed by atoms with Crippen molar-refractivity contribution in [2.45, 2.75) is 109 Å². The summed E-state index contributed by atoms with van der Waals surface area (Å²) in [4.78, 5) is 22.4. The lowest BCUT2D eigenvalue weighted by Gasteiger charge is -2.19. The van der Waals surface area contributed by atoms with Crippen LogP contribution in [0.2, 0.25) is 0 Å². The molecule has 44 heavy (non-hydrogen) atoms. The maximum Gasteiger partial charge on any atom is 0.442 e. The van der Waals surface area contributed by atoms with Crippen LogP contribution in [0.15, 0.2) is 54.6 Å². The first kappa shape index (κ1) is 37.9. The number of rotatable bonds is 24. The fraction of sp³-hybridized carbons (Fsp3) is 0.594. The minimum Gasteiger partial charge on any atom is -0.421 e. The number of sulfonamides is 1. The number of halogens is 2. The van der Waals surface area contributed by atoms with E-state index in [0.29, 0.717) is 18.5 Å². The predicted molar refractivity (Wildman–Crippen MR) is 172 cm³/mol. The highest BCUT2D eigenvalue weighted by atomic mass is 32.2. The first-order valence-corrected chi connectivity index (χ1v) is 19.0. The summed E-state index contributed by atoms with van der Waals surface area (Å²) in [7, 11) is -8.88. The van der Waals surface area contributed by atoms with E-state index >= 15 is 0 Å². The van der Waals surface area contributed by atoms with Gasteiger partial charge >= 0.3 is 13.8 Å². The van der Waals surface area contributed by atoms with E-state index < -0.39 is 35.7 Å². The number of hydrogen-bond acceptors (Lipinski definition) is 5. The molecule has 8 nitrogen and oxygen atoms in total. The predicted octanol–water partition coefficient (Wildman–Crippen LogP) is 7.36. The Labute approximate surface area is 262 Å². The third-order valence-corrected chi connectivity index (χ3v) is 9.72. The Morgan fingerprint density at radius 1 is 0.841 bits per heavy atom. The molecular formula is C32H49F2N2O6PS. The fourth-order valence-corrected chi connectivity index (χ4v) is 6.62. The molecule has 0 bridgehead atoms. The minimum atomic E-state index is -5.13. The first-order valence-electron chi connectivity index (χ1n) is 15.7. The molecule has 12 heteroatoms. The number of carbonyl (C=O) groups is 1. The summed E-state index contributed by atoms with van der Waals surface area (Å²) < 4.78 is 69.8. The van der Waals surface area contributed by atoms with Crippen LogP contribution in [0.4, 0.5) is 8.78 Å². The number of carbonyl (C=O) groups excluding carboxylic acids is 1. The Bertz CT molecular complexity index is 1230. The average molecular weight is 659 g/mol. The molecule has 0 aliphatic rings. The van der Waals surface area contributed by atoms with Gasteiger partial charge < -0.3 is 14.7 Å². The smallest absolute Gasteiger partial charge is 0.421 e. The zero-order valence-corrected chi connectivity index (χ0v) is 27.5. The van der Waals surface area contributed by atoms with Crippen LogP contribution in [-0.2, 0) is 32.2 Å². The van der Waals surface area contributed by atoms with E-state index in [4.69, 9.17) is 0 Å². The summed E-state index contributed by atoms with van der Waals surface area (Å²) in [6.07, 6.45) is 9.61. The normalized spacial score (nSPS) is 13.8. The van der Waals surface area contributed by atoms with E-state index in [2.05, 4.69) is 21.5 Å². The van der Waals surface area contributed by atoms with Crippen LogP contribution < -0.4 is 14.6 Å². The standard InChI is InChI=1S/C32H49F2N2O6PS/c1-2-3-4-5-6-7-8-9-10-16-25-44(40,41)36-30(31(37)35-24-15-14-19-27-17-12-11-13-18-27)26-28-20-22-29(23-21-28)42-43(38,39)32(33)34/h11-13,17-18,20-23,30,32,36H,2-10,14-16,19,24-26H2,1H3,(H,35,37)(H,38,39)/t30-/m0/s1. The van der Waals surface area contributed by atoms with Crippen molar-refractivity contribution in [3.63, 3.8) is 0 Å². The third kappa shape index (κ3) is 16.1. The lowest BCUT2D eigenvalue weighted by molar-refractivity contribution is -0.122. The summed E-state index contributed by atoms with van der Waals surface area (Å²) >= 11 is 0. The van der Waals surface area contributed by atoms with Crippen LogP contribution >= 0.6 is 7.60 Å².